The van der Waals surface area contributed by atoms with E-state index in [4.69, 9.17) is 9.47 Å². The van der Waals surface area contributed by atoms with Gasteiger partial charge in [0.1, 0.15) is 18.1 Å². The van der Waals surface area contributed by atoms with Gasteiger partial charge in [-0.05, 0) is 60.0 Å². The lowest BCUT2D eigenvalue weighted by atomic mass is 10.0. The number of benzene rings is 3. The molecule has 3 aromatic carbocycles. The van der Waals surface area contributed by atoms with Gasteiger partial charge in [-0.1, -0.05) is 30.3 Å². The Kier molecular flexibility index (Phi) is 5.94. The van der Waals surface area contributed by atoms with E-state index in [1.54, 1.807) is 24.3 Å². The van der Waals surface area contributed by atoms with Gasteiger partial charge in [0.05, 0.1) is 0 Å². The highest BCUT2D eigenvalue weighted by atomic mass is 16.5. The summed E-state index contributed by atoms with van der Waals surface area (Å²) in [5.74, 6) is 1.09. The Morgan fingerprint density at radius 2 is 1.63 bits per heavy atom. The summed E-state index contributed by atoms with van der Waals surface area (Å²) in [5, 5.41) is 5.65. The van der Waals surface area contributed by atoms with Crippen molar-refractivity contribution in [3.8, 4) is 11.5 Å². The van der Waals surface area contributed by atoms with Gasteiger partial charge < -0.3 is 20.1 Å². The zero-order valence-corrected chi connectivity index (χ0v) is 16.4. The number of aryl methyl sites for hydroxylation is 1. The fourth-order valence-corrected chi connectivity index (χ4v) is 3.18. The maximum absolute atomic E-state index is 12.2. The van der Waals surface area contributed by atoms with Gasteiger partial charge in [0, 0.05) is 17.8 Å². The second kappa shape index (κ2) is 9.13. The topological polar surface area (TPSA) is 76.7 Å². The Bertz CT molecular complexity index is 1030. The molecule has 0 bridgehead atoms. The first kappa shape index (κ1) is 19.5. The van der Waals surface area contributed by atoms with Crippen LogP contribution in [0.1, 0.15) is 17.5 Å². The molecule has 0 aromatic heterocycles. The van der Waals surface area contributed by atoms with Crippen LogP contribution >= 0.6 is 0 Å². The first-order valence-electron chi connectivity index (χ1n) is 9.78. The SMILES string of the molecule is O=C(COc1ccc(OCc2ccccc2)cc1)Nc1ccc2c(c1)CCC(=O)N2. The highest BCUT2D eigenvalue weighted by Gasteiger charge is 2.15. The number of hydrogen-bond acceptors (Lipinski definition) is 4. The third kappa shape index (κ3) is 5.17. The average molecular weight is 402 g/mol. The standard InChI is InChI=1S/C24H22N2O4/c27-23-13-6-18-14-19(7-12-22(18)26-23)25-24(28)16-30-21-10-8-20(9-11-21)29-15-17-4-2-1-3-5-17/h1-5,7-12,14H,6,13,15-16H2,(H,25,28)(H,26,27). The third-order valence-corrected chi connectivity index (χ3v) is 4.73. The first-order valence-corrected chi connectivity index (χ1v) is 9.78. The van der Waals surface area contributed by atoms with Crippen LogP contribution in [0, 0.1) is 0 Å². The van der Waals surface area contributed by atoms with E-state index >= 15 is 0 Å². The number of fused-ring (bicyclic) bond motifs is 1. The highest BCUT2D eigenvalue weighted by Crippen LogP contribution is 2.25. The number of hydrogen-bond donors (Lipinski definition) is 2. The smallest absolute Gasteiger partial charge is 0.262 e. The van der Waals surface area contributed by atoms with E-state index in [1.165, 1.54) is 0 Å². The number of amides is 2. The lowest BCUT2D eigenvalue weighted by Crippen LogP contribution is -2.21. The van der Waals surface area contributed by atoms with Crippen LogP contribution in [0.3, 0.4) is 0 Å². The van der Waals surface area contributed by atoms with E-state index in [2.05, 4.69) is 10.6 Å². The van der Waals surface area contributed by atoms with E-state index < -0.39 is 0 Å². The van der Waals surface area contributed by atoms with Gasteiger partial charge in [0.15, 0.2) is 6.61 Å². The number of rotatable bonds is 7. The summed E-state index contributed by atoms with van der Waals surface area (Å²) in [5.41, 5.74) is 3.59. The van der Waals surface area contributed by atoms with Crippen LogP contribution in [0.4, 0.5) is 11.4 Å². The Labute approximate surface area is 174 Å². The molecule has 30 heavy (non-hydrogen) atoms. The van der Waals surface area contributed by atoms with Crippen molar-refractivity contribution >= 4 is 23.2 Å². The highest BCUT2D eigenvalue weighted by molar-refractivity contribution is 5.96. The van der Waals surface area contributed by atoms with Crippen LogP contribution in [0.2, 0.25) is 0 Å². The van der Waals surface area contributed by atoms with Crippen molar-refractivity contribution in [3.63, 3.8) is 0 Å². The quantitative estimate of drug-likeness (QED) is 0.622. The zero-order valence-electron chi connectivity index (χ0n) is 16.4. The van der Waals surface area contributed by atoms with Crippen molar-refractivity contribution in [3.05, 3.63) is 83.9 Å². The summed E-state index contributed by atoms with van der Waals surface area (Å²) in [7, 11) is 0. The summed E-state index contributed by atoms with van der Waals surface area (Å²) < 4.78 is 11.3. The Morgan fingerprint density at radius 3 is 2.40 bits per heavy atom. The molecule has 0 atom stereocenters. The van der Waals surface area contributed by atoms with Crippen LogP contribution in [0.25, 0.3) is 0 Å². The fraction of sp³-hybridized carbons (Fsp3) is 0.167. The molecule has 0 fully saturated rings. The molecule has 0 aliphatic carbocycles. The zero-order chi connectivity index (χ0) is 20.8. The van der Waals surface area contributed by atoms with Gasteiger partial charge in [0.2, 0.25) is 5.91 Å². The first-order chi connectivity index (χ1) is 14.7. The molecule has 4 rings (SSSR count). The van der Waals surface area contributed by atoms with Crippen LogP contribution in [0.5, 0.6) is 11.5 Å². The Balaban J connectivity index is 1.25. The molecular formula is C24H22N2O4. The fourth-order valence-electron chi connectivity index (χ4n) is 3.18. The summed E-state index contributed by atoms with van der Waals surface area (Å²) in [4.78, 5) is 23.6. The van der Waals surface area contributed by atoms with Crippen LogP contribution in [-0.4, -0.2) is 18.4 Å². The Hall–Kier alpha value is -3.80. The summed E-state index contributed by atoms with van der Waals surface area (Å²) in [6.07, 6.45) is 1.12. The minimum absolute atomic E-state index is 0.0177. The largest absolute Gasteiger partial charge is 0.489 e. The summed E-state index contributed by atoms with van der Waals surface area (Å²) >= 11 is 0. The van der Waals surface area contributed by atoms with Crippen molar-refractivity contribution in [1.29, 1.82) is 0 Å². The van der Waals surface area contributed by atoms with E-state index in [9.17, 15) is 9.59 Å². The Morgan fingerprint density at radius 1 is 0.900 bits per heavy atom. The van der Waals surface area contributed by atoms with Gasteiger partial charge >= 0.3 is 0 Å². The predicted molar refractivity (Wildman–Crippen MR) is 115 cm³/mol. The average Bonchev–Trinajstić information content (AvgIpc) is 2.78. The van der Waals surface area contributed by atoms with Crippen molar-refractivity contribution in [2.75, 3.05) is 17.2 Å². The molecule has 1 aliphatic rings. The minimum Gasteiger partial charge on any atom is -0.489 e. The number of anilines is 2. The number of nitrogens with one attached hydrogen (secondary N) is 2. The molecule has 0 saturated carbocycles. The molecule has 0 radical (unpaired) electrons. The molecule has 1 aliphatic heterocycles. The maximum atomic E-state index is 12.2. The molecule has 0 unspecified atom stereocenters. The number of carbonyl (C=O) groups is 2. The molecule has 152 valence electrons. The van der Waals surface area contributed by atoms with Crippen molar-refractivity contribution in [1.82, 2.24) is 0 Å². The number of ether oxygens (including phenoxy) is 2. The van der Waals surface area contributed by atoms with E-state index in [1.807, 2.05) is 48.5 Å². The predicted octanol–water partition coefficient (Wildman–Crippen LogP) is 4.17. The number of carbonyl (C=O) groups excluding carboxylic acids is 2. The van der Waals surface area contributed by atoms with Gasteiger partial charge in [-0.25, -0.2) is 0 Å². The summed E-state index contributed by atoms with van der Waals surface area (Å²) in [6.45, 7) is 0.395. The van der Waals surface area contributed by atoms with Crippen LogP contribution in [0.15, 0.2) is 72.8 Å². The summed E-state index contributed by atoms with van der Waals surface area (Å²) in [6, 6.07) is 22.6. The molecule has 2 N–H and O–H groups in total. The minimum atomic E-state index is -0.251. The third-order valence-electron chi connectivity index (χ3n) is 4.73. The van der Waals surface area contributed by atoms with E-state index in [-0.39, 0.29) is 18.4 Å². The van der Waals surface area contributed by atoms with E-state index in [0.29, 0.717) is 30.9 Å². The molecule has 2 amide bonds. The molecule has 6 nitrogen and oxygen atoms in total. The van der Waals surface area contributed by atoms with Crippen molar-refractivity contribution in [2.24, 2.45) is 0 Å². The second-order valence-electron chi connectivity index (χ2n) is 7.00. The molecule has 3 aromatic rings. The van der Waals surface area contributed by atoms with Crippen molar-refractivity contribution < 1.29 is 19.1 Å². The van der Waals surface area contributed by atoms with Gasteiger partial charge in [-0.15, -0.1) is 0 Å². The van der Waals surface area contributed by atoms with Gasteiger partial charge in [-0.2, -0.15) is 0 Å². The van der Waals surface area contributed by atoms with Gasteiger partial charge in [0.25, 0.3) is 5.91 Å². The maximum Gasteiger partial charge on any atom is 0.262 e. The van der Waals surface area contributed by atoms with Crippen LogP contribution < -0.4 is 20.1 Å². The van der Waals surface area contributed by atoms with Gasteiger partial charge in [-0.3, -0.25) is 9.59 Å². The normalized spacial score (nSPS) is 12.5. The van der Waals surface area contributed by atoms with Crippen molar-refractivity contribution in [2.45, 2.75) is 19.4 Å². The molecule has 0 spiro atoms. The monoisotopic (exact) mass is 402 g/mol. The lowest BCUT2D eigenvalue weighted by Gasteiger charge is -2.17. The lowest BCUT2D eigenvalue weighted by molar-refractivity contribution is -0.118. The molecular weight excluding hydrogens is 380 g/mol. The molecule has 0 saturated heterocycles. The molecule has 6 heteroatoms. The van der Waals surface area contributed by atoms with E-state index in [0.717, 1.165) is 22.6 Å². The van der Waals surface area contributed by atoms with Crippen LogP contribution in [-0.2, 0) is 22.6 Å². The second-order valence-corrected chi connectivity index (χ2v) is 7.00. The molecule has 1 heterocycles.